The van der Waals surface area contributed by atoms with Gasteiger partial charge in [-0.1, -0.05) is 0 Å². The van der Waals surface area contributed by atoms with Gasteiger partial charge in [-0.3, -0.25) is 10.1 Å². The maximum atomic E-state index is 13.5. The number of halogens is 3. The van der Waals surface area contributed by atoms with Crippen LogP contribution in [0.1, 0.15) is 0 Å². The molecule has 0 saturated heterocycles. The number of hydrogen-bond donors (Lipinski definition) is 3. The molecule has 0 amide bonds. The molecule has 10 heteroatoms. The smallest absolute Gasteiger partial charge is 0.311 e. The van der Waals surface area contributed by atoms with E-state index in [0.717, 1.165) is 6.07 Å². The van der Waals surface area contributed by atoms with Gasteiger partial charge in [0.2, 0.25) is 5.82 Å². The third-order valence-corrected chi connectivity index (χ3v) is 2.47. The zero-order chi connectivity index (χ0) is 15.6. The Bertz CT molecular complexity index is 687. The molecule has 2 aromatic rings. The Balaban J connectivity index is 2.50. The van der Waals surface area contributed by atoms with Crippen LogP contribution in [-0.4, -0.2) is 9.91 Å². The summed E-state index contributed by atoms with van der Waals surface area (Å²) in [5, 5.41) is 13.0. The number of benzene rings is 1. The van der Waals surface area contributed by atoms with Crippen LogP contribution in [-0.2, 0) is 0 Å². The van der Waals surface area contributed by atoms with E-state index in [1.807, 2.05) is 0 Å². The summed E-state index contributed by atoms with van der Waals surface area (Å²) in [7, 11) is 0. The van der Waals surface area contributed by atoms with Crippen molar-refractivity contribution in [2.24, 2.45) is 5.84 Å². The van der Waals surface area contributed by atoms with Gasteiger partial charge in [-0.05, 0) is 6.07 Å². The van der Waals surface area contributed by atoms with Gasteiger partial charge in [0.15, 0.2) is 11.6 Å². The molecule has 1 heterocycles. The van der Waals surface area contributed by atoms with Gasteiger partial charge < -0.3 is 10.7 Å². The molecule has 4 N–H and O–H groups in total. The van der Waals surface area contributed by atoms with Crippen LogP contribution >= 0.6 is 0 Å². The molecule has 0 bridgehead atoms. The van der Waals surface area contributed by atoms with Crippen LogP contribution in [0.2, 0.25) is 0 Å². The highest BCUT2D eigenvalue weighted by atomic mass is 19.1. The fourth-order valence-electron chi connectivity index (χ4n) is 1.55. The number of pyridine rings is 1. The van der Waals surface area contributed by atoms with Crippen LogP contribution in [0.4, 0.5) is 36.2 Å². The molecule has 2 rings (SSSR count). The lowest BCUT2D eigenvalue weighted by Crippen LogP contribution is -2.10. The Morgan fingerprint density at radius 3 is 2.33 bits per heavy atom. The molecule has 0 unspecified atom stereocenters. The van der Waals surface area contributed by atoms with Crippen molar-refractivity contribution in [2.75, 3.05) is 10.7 Å². The van der Waals surface area contributed by atoms with E-state index in [2.05, 4.69) is 15.7 Å². The molecule has 1 aromatic carbocycles. The lowest BCUT2D eigenvalue weighted by Gasteiger charge is -2.09. The zero-order valence-electron chi connectivity index (χ0n) is 10.2. The van der Waals surface area contributed by atoms with Gasteiger partial charge in [-0.25, -0.2) is 24.0 Å². The van der Waals surface area contributed by atoms with Gasteiger partial charge in [0.25, 0.3) is 0 Å². The highest BCUT2D eigenvalue weighted by Crippen LogP contribution is 2.30. The number of aromatic nitrogens is 1. The minimum Gasteiger partial charge on any atom is -0.330 e. The minimum absolute atomic E-state index is 0.0334. The first-order valence-electron chi connectivity index (χ1n) is 5.46. The Labute approximate surface area is 115 Å². The number of anilines is 3. The van der Waals surface area contributed by atoms with Gasteiger partial charge in [0.05, 0.1) is 4.92 Å². The highest BCUT2D eigenvalue weighted by molar-refractivity contribution is 5.68. The molecule has 0 radical (unpaired) electrons. The first-order valence-corrected chi connectivity index (χ1v) is 5.46. The van der Waals surface area contributed by atoms with Crippen molar-refractivity contribution >= 4 is 23.0 Å². The molecule has 0 spiro atoms. The molecule has 0 aliphatic carbocycles. The van der Waals surface area contributed by atoms with E-state index in [-0.39, 0.29) is 5.82 Å². The lowest BCUT2D eigenvalue weighted by molar-refractivity contribution is -0.384. The lowest BCUT2D eigenvalue weighted by atomic mass is 10.2. The number of nitrogens with two attached hydrogens (primary N) is 1. The van der Waals surface area contributed by atoms with Gasteiger partial charge in [0.1, 0.15) is 17.3 Å². The molecule has 0 atom stereocenters. The number of rotatable bonds is 4. The largest absolute Gasteiger partial charge is 0.330 e. The molecule has 0 aliphatic rings. The second-order valence-electron chi connectivity index (χ2n) is 3.84. The molecule has 7 nitrogen and oxygen atoms in total. The van der Waals surface area contributed by atoms with Crippen molar-refractivity contribution < 1.29 is 18.1 Å². The number of nitrogens with one attached hydrogen (secondary N) is 2. The van der Waals surface area contributed by atoms with Crippen molar-refractivity contribution in [3.8, 4) is 0 Å². The second-order valence-corrected chi connectivity index (χ2v) is 3.84. The molecule has 0 fully saturated rings. The summed E-state index contributed by atoms with van der Waals surface area (Å²) >= 11 is 0. The van der Waals surface area contributed by atoms with Gasteiger partial charge >= 0.3 is 5.69 Å². The van der Waals surface area contributed by atoms with Crippen LogP contribution in [0.15, 0.2) is 24.3 Å². The van der Waals surface area contributed by atoms with Crippen molar-refractivity contribution in [1.29, 1.82) is 0 Å². The van der Waals surface area contributed by atoms with Crippen LogP contribution in [0, 0.1) is 27.6 Å². The maximum Gasteiger partial charge on any atom is 0.311 e. The van der Waals surface area contributed by atoms with Gasteiger partial charge in [-0.2, -0.15) is 0 Å². The Kier molecular flexibility index (Phi) is 3.89. The Morgan fingerprint density at radius 2 is 1.81 bits per heavy atom. The quantitative estimate of drug-likeness (QED) is 0.455. The zero-order valence-corrected chi connectivity index (χ0v) is 10.2. The first-order chi connectivity index (χ1) is 9.92. The molecular formula is C11H8F3N5O2. The number of nitrogens with zero attached hydrogens (tertiary/aromatic N) is 2. The summed E-state index contributed by atoms with van der Waals surface area (Å²) in [6.07, 6.45) is 0. The summed E-state index contributed by atoms with van der Waals surface area (Å²) in [5.74, 6) is 1.07. The summed E-state index contributed by atoms with van der Waals surface area (Å²) < 4.78 is 39.9. The highest BCUT2D eigenvalue weighted by Gasteiger charge is 2.20. The summed E-state index contributed by atoms with van der Waals surface area (Å²) in [6.45, 7) is 0. The standard InChI is InChI=1S/C11H8F3N5O2/c12-5-3-6(13)10(7(14)4-5)17-11-8(19(20)21)1-2-9(16-11)18-15/h1-4H,15H2,(H2,16,17,18). The van der Waals surface area contributed by atoms with E-state index in [1.165, 1.54) is 6.07 Å². The molecule has 110 valence electrons. The van der Waals surface area contributed by atoms with E-state index in [9.17, 15) is 23.3 Å². The monoisotopic (exact) mass is 299 g/mol. The number of hydrazine groups is 1. The predicted octanol–water partition coefficient (Wildman–Crippen LogP) is 2.44. The third-order valence-electron chi connectivity index (χ3n) is 2.47. The van der Waals surface area contributed by atoms with Crippen molar-refractivity contribution in [2.45, 2.75) is 0 Å². The molecule has 1 aromatic heterocycles. The van der Waals surface area contributed by atoms with E-state index < -0.39 is 39.6 Å². The average molecular weight is 299 g/mol. The predicted molar refractivity (Wildman–Crippen MR) is 68.3 cm³/mol. The topological polar surface area (TPSA) is 106 Å². The van der Waals surface area contributed by atoms with Crippen molar-refractivity contribution in [3.05, 3.63) is 51.8 Å². The Hall–Kier alpha value is -2.88. The number of hydrogen-bond acceptors (Lipinski definition) is 6. The third kappa shape index (κ3) is 3.00. The van der Waals surface area contributed by atoms with E-state index in [1.54, 1.807) is 0 Å². The molecule has 0 saturated carbocycles. The summed E-state index contributed by atoms with van der Waals surface area (Å²) in [4.78, 5) is 13.8. The second kappa shape index (κ2) is 5.63. The average Bonchev–Trinajstić information content (AvgIpc) is 2.42. The molecule has 0 aliphatic heterocycles. The molecular weight excluding hydrogens is 291 g/mol. The van der Waals surface area contributed by atoms with E-state index in [0.29, 0.717) is 12.1 Å². The number of nitrogen functional groups attached to an aromatic ring is 1. The van der Waals surface area contributed by atoms with Gasteiger partial charge in [-0.15, -0.1) is 0 Å². The molecule has 21 heavy (non-hydrogen) atoms. The van der Waals surface area contributed by atoms with Gasteiger partial charge in [0, 0.05) is 18.2 Å². The van der Waals surface area contributed by atoms with Crippen LogP contribution in [0.3, 0.4) is 0 Å². The van der Waals surface area contributed by atoms with Crippen molar-refractivity contribution in [1.82, 2.24) is 4.98 Å². The van der Waals surface area contributed by atoms with Crippen LogP contribution in [0.5, 0.6) is 0 Å². The fraction of sp³-hybridized carbons (Fsp3) is 0. The van der Waals surface area contributed by atoms with E-state index >= 15 is 0 Å². The minimum atomic E-state index is -1.25. The maximum absolute atomic E-state index is 13.5. The van der Waals surface area contributed by atoms with Crippen LogP contribution < -0.4 is 16.6 Å². The van der Waals surface area contributed by atoms with E-state index in [4.69, 9.17) is 5.84 Å². The van der Waals surface area contributed by atoms with Crippen LogP contribution in [0.25, 0.3) is 0 Å². The summed E-state index contributed by atoms with van der Waals surface area (Å²) in [6, 6.07) is 3.12. The fourth-order valence-corrected chi connectivity index (χ4v) is 1.55. The normalized spacial score (nSPS) is 10.3. The number of nitro groups is 1. The van der Waals surface area contributed by atoms with Crippen molar-refractivity contribution in [3.63, 3.8) is 0 Å². The summed E-state index contributed by atoms with van der Waals surface area (Å²) in [5.41, 5.74) is 0.843. The SMILES string of the molecule is NNc1ccc([N+](=O)[O-])c(Nc2c(F)cc(F)cc2F)n1. The first kappa shape index (κ1) is 14.5. The Morgan fingerprint density at radius 1 is 1.19 bits per heavy atom.